The van der Waals surface area contributed by atoms with Gasteiger partial charge in [0.2, 0.25) is 0 Å². The largest absolute Gasteiger partial charge is 0.452 e. The minimum absolute atomic E-state index is 0.245. The molecule has 0 aliphatic carbocycles. The topological polar surface area (TPSA) is 60.3 Å². The molecular weight excluding hydrogens is 364 g/mol. The van der Waals surface area contributed by atoms with Crippen LogP contribution in [0, 0.1) is 13.8 Å². The van der Waals surface area contributed by atoms with Gasteiger partial charge in [0.25, 0.3) is 5.91 Å². The van der Waals surface area contributed by atoms with Gasteiger partial charge in [0.05, 0.1) is 5.56 Å². The van der Waals surface area contributed by atoms with Crippen molar-refractivity contribution in [3.63, 3.8) is 0 Å². The van der Waals surface area contributed by atoms with E-state index in [9.17, 15) is 9.59 Å². The molecule has 0 aliphatic rings. The molecule has 3 aromatic rings. The van der Waals surface area contributed by atoms with Crippen LogP contribution in [0.1, 0.15) is 41.6 Å². The summed E-state index contributed by atoms with van der Waals surface area (Å²) in [6.07, 6.45) is 0. The fourth-order valence-corrected chi connectivity index (χ4v) is 3.64. The molecule has 150 valence electrons. The number of rotatable bonds is 6. The fourth-order valence-electron chi connectivity index (χ4n) is 3.64. The van der Waals surface area contributed by atoms with E-state index in [1.165, 1.54) is 0 Å². The fraction of sp³-hybridized carbons (Fsp3) is 0.250. The highest BCUT2D eigenvalue weighted by atomic mass is 16.5. The zero-order chi connectivity index (χ0) is 21.0. The van der Waals surface area contributed by atoms with Crippen LogP contribution in [0.25, 0.3) is 11.1 Å². The predicted octanol–water partition coefficient (Wildman–Crippen LogP) is 5.15. The van der Waals surface area contributed by atoms with E-state index in [4.69, 9.17) is 4.74 Å². The summed E-state index contributed by atoms with van der Waals surface area (Å²) in [6.45, 7) is 7.63. The van der Waals surface area contributed by atoms with Gasteiger partial charge in [0.15, 0.2) is 6.61 Å². The number of hydrogen-bond donors (Lipinski definition) is 1. The summed E-state index contributed by atoms with van der Waals surface area (Å²) in [4.78, 5) is 24.9. The van der Waals surface area contributed by atoms with E-state index in [2.05, 4.69) is 23.7 Å². The van der Waals surface area contributed by atoms with Crippen LogP contribution in [0.4, 0.5) is 5.69 Å². The van der Waals surface area contributed by atoms with E-state index in [1.54, 1.807) is 6.07 Å². The van der Waals surface area contributed by atoms with E-state index >= 15 is 0 Å². The van der Waals surface area contributed by atoms with Crippen molar-refractivity contribution >= 4 is 17.6 Å². The number of amides is 1. The van der Waals surface area contributed by atoms with Crippen LogP contribution in [0.15, 0.2) is 60.7 Å². The maximum absolute atomic E-state index is 12.5. The number of ether oxygens (including phenoxy) is 1. The molecule has 3 rings (SSSR count). The molecular formula is C24H26N2O3. The summed E-state index contributed by atoms with van der Waals surface area (Å²) in [5.41, 5.74) is 4.92. The standard InChI is InChI=1S/C24H26N2O3/c1-16(2)26-17(3)14-21(18(26)4)24(28)29-15-23(27)25-22-13-9-8-12-20(22)19-10-6-5-7-11-19/h5-14,16H,15H2,1-4H3,(H,25,27). The van der Waals surface area contributed by atoms with Gasteiger partial charge in [-0.25, -0.2) is 4.79 Å². The zero-order valence-electron chi connectivity index (χ0n) is 17.2. The number of nitrogens with zero attached hydrogens (tertiary/aromatic N) is 1. The van der Waals surface area contributed by atoms with Crippen molar-refractivity contribution in [1.29, 1.82) is 0 Å². The number of nitrogens with one attached hydrogen (secondary N) is 1. The maximum Gasteiger partial charge on any atom is 0.340 e. The third-order valence-electron chi connectivity index (χ3n) is 4.84. The highest BCUT2D eigenvalue weighted by molar-refractivity contribution is 5.98. The quantitative estimate of drug-likeness (QED) is 0.592. The van der Waals surface area contributed by atoms with Crippen LogP contribution in [-0.4, -0.2) is 23.1 Å². The first-order valence-electron chi connectivity index (χ1n) is 9.68. The molecule has 29 heavy (non-hydrogen) atoms. The van der Waals surface area contributed by atoms with Crippen molar-refractivity contribution in [2.75, 3.05) is 11.9 Å². The second-order valence-corrected chi connectivity index (χ2v) is 7.28. The molecule has 1 aromatic heterocycles. The van der Waals surface area contributed by atoms with Gasteiger partial charge in [-0.3, -0.25) is 4.79 Å². The average molecular weight is 390 g/mol. The van der Waals surface area contributed by atoms with Crippen molar-refractivity contribution in [2.45, 2.75) is 33.7 Å². The SMILES string of the molecule is Cc1cc(C(=O)OCC(=O)Nc2ccccc2-c2ccccc2)c(C)n1C(C)C. The molecule has 1 N–H and O–H groups in total. The summed E-state index contributed by atoms with van der Waals surface area (Å²) in [5, 5.41) is 2.84. The van der Waals surface area contributed by atoms with Gasteiger partial charge >= 0.3 is 5.97 Å². The third kappa shape index (κ3) is 4.57. The Morgan fingerprint density at radius 1 is 1.00 bits per heavy atom. The van der Waals surface area contributed by atoms with Gasteiger partial charge in [-0.05, 0) is 45.4 Å². The number of aryl methyl sites for hydroxylation is 1. The Bertz CT molecular complexity index is 1020. The van der Waals surface area contributed by atoms with E-state index in [0.717, 1.165) is 22.5 Å². The average Bonchev–Trinajstić information content (AvgIpc) is 3.01. The van der Waals surface area contributed by atoms with E-state index < -0.39 is 5.97 Å². The molecule has 0 atom stereocenters. The van der Waals surface area contributed by atoms with E-state index in [0.29, 0.717) is 11.3 Å². The molecule has 0 fully saturated rings. The first-order valence-corrected chi connectivity index (χ1v) is 9.68. The number of benzene rings is 2. The van der Waals surface area contributed by atoms with E-state index in [-0.39, 0.29) is 18.6 Å². The monoisotopic (exact) mass is 390 g/mol. The van der Waals surface area contributed by atoms with Crippen LogP contribution in [0.2, 0.25) is 0 Å². The van der Waals surface area contributed by atoms with Crippen LogP contribution in [0.3, 0.4) is 0 Å². The molecule has 5 heteroatoms. The Balaban J connectivity index is 1.67. The molecule has 0 unspecified atom stereocenters. The highest BCUT2D eigenvalue weighted by Gasteiger charge is 2.19. The minimum Gasteiger partial charge on any atom is -0.452 e. The molecule has 0 aliphatic heterocycles. The highest BCUT2D eigenvalue weighted by Crippen LogP contribution is 2.27. The minimum atomic E-state index is -0.489. The number of carbonyl (C=O) groups is 2. The normalized spacial score (nSPS) is 10.8. The molecule has 2 aromatic carbocycles. The van der Waals surface area contributed by atoms with Crippen LogP contribution in [0.5, 0.6) is 0 Å². The van der Waals surface area contributed by atoms with Gasteiger partial charge in [-0.2, -0.15) is 0 Å². The van der Waals surface area contributed by atoms with Crippen molar-refractivity contribution in [3.05, 3.63) is 77.6 Å². The summed E-state index contributed by atoms with van der Waals surface area (Å²) in [6, 6.07) is 19.4. The molecule has 0 radical (unpaired) electrons. The molecule has 0 saturated heterocycles. The lowest BCUT2D eigenvalue weighted by molar-refractivity contribution is -0.119. The lowest BCUT2D eigenvalue weighted by Gasteiger charge is -2.13. The van der Waals surface area contributed by atoms with Crippen LogP contribution < -0.4 is 5.32 Å². The lowest BCUT2D eigenvalue weighted by Crippen LogP contribution is -2.21. The Labute approximate surface area is 171 Å². The number of para-hydroxylation sites is 1. The Hall–Kier alpha value is -3.34. The molecule has 0 saturated carbocycles. The van der Waals surface area contributed by atoms with Crippen molar-refractivity contribution < 1.29 is 14.3 Å². The second-order valence-electron chi connectivity index (χ2n) is 7.28. The summed E-state index contributed by atoms with van der Waals surface area (Å²) in [7, 11) is 0. The Morgan fingerprint density at radius 3 is 2.31 bits per heavy atom. The molecule has 1 heterocycles. The summed E-state index contributed by atoms with van der Waals surface area (Å²) < 4.78 is 7.35. The van der Waals surface area contributed by atoms with Crippen molar-refractivity contribution in [1.82, 2.24) is 4.57 Å². The molecule has 0 spiro atoms. The first-order chi connectivity index (χ1) is 13.9. The maximum atomic E-state index is 12.5. The number of aromatic nitrogens is 1. The smallest absolute Gasteiger partial charge is 0.340 e. The second kappa shape index (κ2) is 8.78. The van der Waals surface area contributed by atoms with Crippen LogP contribution in [-0.2, 0) is 9.53 Å². The molecule has 5 nitrogen and oxygen atoms in total. The molecule has 0 bridgehead atoms. The van der Waals surface area contributed by atoms with Gasteiger partial charge in [0, 0.05) is 28.7 Å². The predicted molar refractivity (Wildman–Crippen MR) is 115 cm³/mol. The first kappa shape index (κ1) is 20.4. The van der Waals surface area contributed by atoms with E-state index in [1.807, 2.05) is 68.4 Å². The Morgan fingerprint density at radius 2 is 1.66 bits per heavy atom. The van der Waals surface area contributed by atoms with Crippen molar-refractivity contribution in [3.8, 4) is 11.1 Å². The number of anilines is 1. The number of esters is 1. The Kier molecular flexibility index (Phi) is 6.17. The van der Waals surface area contributed by atoms with Gasteiger partial charge in [0.1, 0.15) is 0 Å². The zero-order valence-corrected chi connectivity index (χ0v) is 17.2. The van der Waals surface area contributed by atoms with Gasteiger partial charge in [-0.1, -0.05) is 48.5 Å². The van der Waals surface area contributed by atoms with Crippen molar-refractivity contribution in [2.24, 2.45) is 0 Å². The van der Waals surface area contributed by atoms with Gasteiger partial charge in [-0.15, -0.1) is 0 Å². The lowest BCUT2D eigenvalue weighted by atomic mass is 10.0. The number of carbonyl (C=O) groups excluding carboxylic acids is 2. The summed E-state index contributed by atoms with van der Waals surface area (Å²) >= 11 is 0. The summed E-state index contributed by atoms with van der Waals surface area (Å²) in [5.74, 6) is -0.865. The molecule has 1 amide bonds. The third-order valence-corrected chi connectivity index (χ3v) is 4.84. The van der Waals surface area contributed by atoms with Crippen LogP contribution >= 0.6 is 0 Å². The van der Waals surface area contributed by atoms with Gasteiger partial charge < -0.3 is 14.6 Å². The number of hydrogen-bond acceptors (Lipinski definition) is 3.